The van der Waals surface area contributed by atoms with Crippen LogP contribution in [0.25, 0.3) is 0 Å². The molecule has 0 aliphatic carbocycles. The lowest BCUT2D eigenvalue weighted by Gasteiger charge is -2.08. The standard InChI is InChI=1S/C13H10ClNO5S/c1-20-13(17)9-2-7-12(16)15(8-9)21(18,19)11-5-3-10(14)4-6-11/h2-8H,1H3. The molecule has 0 fully saturated rings. The van der Waals surface area contributed by atoms with Crippen LogP contribution < -0.4 is 5.56 Å². The van der Waals surface area contributed by atoms with Crippen molar-refractivity contribution in [2.45, 2.75) is 4.90 Å². The summed E-state index contributed by atoms with van der Waals surface area (Å²) in [6.45, 7) is 0. The largest absolute Gasteiger partial charge is 0.465 e. The van der Waals surface area contributed by atoms with Crippen molar-refractivity contribution in [3.05, 3.63) is 63.5 Å². The summed E-state index contributed by atoms with van der Waals surface area (Å²) in [6, 6.07) is 7.51. The van der Waals surface area contributed by atoms with E-state index < -0.39 is 21.6 Å². The lowest BCUT2D eigenvalue weighted by Crippen LogP contribution is -2.27. The minimum atomic E-state index is -4.11. The molecular formula is C13H10ClNO5S. The number of hydrogen-bond acceptors (Lipinski definition) is 5. The number of carbonyl (C=O) groups excluding carboxylic acids is 1. The first-order chi connectivity index (χ1) is 9.86. The van der Waals surface area contributed by atoms with Crippen LogP contribution in [0.2, 0.25) is 5.02 Å². The number of hydrogen-bond donors (Lipinski definition) is 0. The van der Waals surface area contributed by atoms with Crippen LogP contribution in [-0.4, -0.2) is 25.5 Å². The summed E-state index contributed by atoms with van der Waals surface area (Å²) in [5, 5.41) is 0.365. The number of methoxy groups -OCH3 is 1. The Bertz CT molecular complexity index is 840. The molecule has 2 aromatic rings. The molecule has 0 amide bonds. The van der Waals surface area contributed by atoms with Gasteiger partial charge in [-0.15, -0.1) is 0 Å². The normalized spacial score (nSPS) is 11.1. The van der Waals surface area contributed by atoms with Crippen LogP contribution in [0.1, 0.15) is 10.4 Å². The van der Waals surface area contributed by atoms with E-state index >= 15 is 0 Å². The molecule has 8 heteroatoms. The second kappa shape index (κ2) is 5.71. The monoisotopic (exact) mass is 327 g/mol. The Kier molecular flexibility index (Phi) is 4.15. The molecule has 0 aliphatic rings. The van der Waals surface area contributed by atoms with Crippen LogP contribution in [-0.2, 0) is 14.8 Å². The molecule has 6 nitrogen and oxygen atoms in total. The van der Waals surface area contributed by atoms with E-state index in [1.807, 2.05) is 0 Å². The summed E-state index contributed by atoms with van der Waals surface area (Å²) < 4.78 is 29.8. The average molecular weight is 328 g/mol. The number of nitrogens with zero attached hydrogens (tertiary/aromatic N) is 1. The summed E-state index contributed by atoms with van der Waals surface area (Å²) in [5.41, 5.74) is -0.827. The Morgan fingerprint density at radius 2 is 1.76 bits per heavy atom. The molecule has 0 spiro atoms. The van der Waals surface area contributed by atoms with Crippen molar-refractivity contribution >= 4 is 27.6 Å². The van der Waals surface area contributed by atoms with Gasteiger partial charge in [0.15, 0.2) is 0 Å². The minimum Gasteiger partial charge on any atom is -0.465 e. The van der Waals surface area contributed by atoms with Gasteiger partial charge in [-0.05, 0) is 30.3 Å². The van der Waals surface area contributed by atoms with Crippen LogP contribution in [0.5, 0.6) is 0 Å². The maximum Gasteiger partial charge on any atom is 0.339 e. The summed E-state index contributed by atoms with van der Waals surface area (Å²) >= 11 is 5.70. The average Bonchev–Trinajstić information content (AvgIpc) is 2.47. The zero-order valence-electron chi connectivity index (χ0n) is 10.8. The van der Waals surface area contributed by atoms with E-state index in [1.165, 1.54) is 30.3 Å². The van der Waals surface area contributed by atoms with E-state index in [9.17, 15) is 18.0 Å². The van der Waals surface area contributed by atoms with Gasteiger partial charge < -0.3 is 4.74 Å². The summed E-state index contributed by atoms with van der Waals surface area (Å²) in [5.74, 6) is -0.741. The van der Waals surface area contributed by atoms with Crippen LogP contribution in [0.4, 0.5) is 0 Å². The predicted octanol–water partition coefficient (Wildman–Crippen LogP) is 1.53. The first-order valence-corrected chi connectivity index (χ1v) is 7.50. The van der Waals surface area contributed by atoms with E-state index in [0.717, 1.165) is 19.4 Å². The minimum absolute atomic E-state index is 0.0466. The maximum atomic E-state index is 12.4. The molecule has 1 aromatic carbocycles. The Morgan fingerprint density at radius 1 is 1.14 bits per heavy atom. The van der Waals surface area contributed by atoms with Crippen molar-refractivity contribution in [3.63, 3.8) is 0 Å². The first kappa shape index (κ1) is 15.3. The summed E-state index contributed by atoms with van der Waals surface area (Å²) in [4.78, 5) is 23.1. The van der Waals surface area contributed by atoms with Gasteiger partial charge in [-0.25, -0.2) is 17.2 Å². The zero-order chi connectivity index (χ0) is 15.6. The van der Waals surface area contributed by atoms with Gasteiger partial charge in [0, 0.05) is 17.3 Å². The fraction of sp³-hybridized carbons (Fsp3) is 0.0769. The number of rotatable bonds is 3. The molecule has 1 heterocycles. The fourth-order valence-electron chi connectivity index (χ4n) is 1.61. The molecule has 0 saturated heterocycles. The van der Waals surface area contributed by atoms with Gasteiger partial charge >= 0.3 is 5.97 Å². The highest BCUT2D eigenvalue weighted by molar-refractivity contribution is 7.90. The van der Waals surface area contributed by atoms with Crippen molar-refractivity contribution in [3.8, 4) is 0 Å². The number of ether oxygens (including phenoxy) is 1. The predicted molar refractivity (Wildman–Crippen MR) is 76.1 cm³/mol. The molecule has 0 aliphatic heterocycles. The van der Waals surface area contributed by atoms with Crippen LogP contribution in [0, 0.1) is 0 Å². The van der Waals surface area contributed by atoms with E-state index in [1.54, 1.807) is 0 Å². The second-order valence-electron chi connectivity index (χ2n) is 4.00. The Morgan fingerprint density at radius 3 is 2.33 bits per heavy atom. The smallest absolute Gasteiger partial charge is 0.339 e. The van der Waals surface area contributed by atoms with Gasteiger partial charge in [-0.3, -0.25) is 4.79 Å². The SMILES string of the molecule is COC(=O)c1ccc(=O)n(S(=O)(=O)c2ccc(Cl)cc2)c1. The van der Waals surface area contributed by atoms with Gasteiger partial charge in [-0.2, -0.15) is 0 Å². The molecule has 0 unspecified atom stereocenters. The molecular weight excluding hydrogens is 318 g/mol. The molecule has 2 rings (SSSR count). The number of pyridine rings is 1. The van der Waals surface area contributed by atoms with Crippen LogP contribution >= 0.6 is 11.6 Å². The van der Waals surface area contributed by atoms with Gasteiger partial charge in [0.2, 0.25) is 0 Å². The van der Waals surface area contributed by atoms with Gasteiger partial charge in [0.1, 0.15) is 0 Å². The first-order valence-electron chi connectivity index (χ1n) is 5.68. The molecule has 0 saturated carbocycles. The molecule has 0 bridgehead atoms. The highest BCUT2D eigenvalue weighted by Gasteiger charge is 2.20. The van der Waals surface area contributed by atoms with Crippen molar-refractivity contribution in [1.29, 1.82) is 0 Å². The Balaban J connectivity index is 2.62. The van der Waals surface area contributed by atoms with Crippen molar-refractivity contribution in [1.82, 2.24) is 3.97 Å². The van der Waals surface area contributed by atoms with Crippen LogP contribution in [0.3, 0.4) is 0 Å². The number of aromatic nitrogens is 1. The number of halogens is 1. The molecule has 0 radical (unpaired) electrons. The van der Waals surface area contributed by atoms with Gasteiger partial charge in [0.25, 0.3) is 15.6 Å². The Labute approximate surface area is 125 Å². The zero-order valence-corrected chi connectivity index (χ0v) is 12.4. The van der Waals surface area contributed by atoms with Gasteiger partial charge in [-0.1, -0.05) is 11.6 Å². The number of carbonyl (C=O) groups is 1. The van der Waals surface area contributed by atoms with E-state index in [2.05, 4.69) is 4.74 Å². The lowest BCUT2D eigenvalue weighted by molar-refractivity contribution is 0.0600. The second-order valence-corrected chi connectivity index (χ2v) is 6.25. The highest BCUT2D eigenvalue weighted by Crippen LogP contribution is 2.16. The molecule has 21 heavy (non-hydrogen) atoms. The van der Waals surface area contributed by atoms with Gasteiger partial charge in [0.05, 0.1) is 17.6 Å². The topological polar surface area (TPSA) is 82.4 Å². The lowest BCUT2D eigenvalue weighted by atomic mass is 10.3. The molecule has 110 valence electrons. The third-order valence-corrected chi connectivity index (χ3v) is 4.59. The highest BCUT2D eigenvalue weighted by atomic mass is 35.5. The third kappa shape index (κ3) is 2.98. The molecule has 1 aromatic heterocycles. The van der Waals surface area contributed by atoms with E-state index in [-0.39, 0.29) is 10.5 Å². The van der Waals surface area contributed by atoms with Crippen molar-refractivity contribution in [2.75, 3.05) is 7.11 Å². The third-order valence-electron chi connectivity index (χ3n) is 2.67. The molecule has 0 atom stereocenters. The molecule has 0 N–H and O–H groups in total. The van der Waals surface area contributed by atoms with Crippen molar-refractivity contribution < 1.29 is 17.9 Å². The summed E-state index contributed by atoms with van der Waals surface area (Å²) in [7, 11) is -2.95. The number of esters is 1. The Hall–Kier alpha value is -2.12. The van der Waals surface area contributed by atoms with E-state index in [4.69, 9.17) is 11.6 Å². The quantitative estimate of drug-likeness (QED) is 0.798. The van der Waals surface area contributed by atoms with E-state index in [0.29, 0.717) is 9.00 Å². The summed E-state index contributed by atoms with van der Waals surface area (Å²) in [6.07, 6.45) is 0.929. The van der Waals surface area contributed by atoms with Crippen molar-refractivity contribution in [2.24, 2.45) is 0 Å². The number of benzene rings is 1. The maximum absolute atomic E-state index is 12.4. The fourth-order valence-corrected chi connectivity index (χ4v) is 3.00. The van der Waals surface area contributed by atoms with Crippen LogP contribution in [0.15, 0.2) is 52.3 Å².